The van der Waals surface area contributed by atoms with Crippen LogP contribution in [-0.2, 0) is 15.1 Å². The Kier molecular flexibility index (Phi) is 5.10. The van der Waals surface area contributed by atoms with Crippen LogP contribution in [0.3, 0.4) is 0 Å². The molecule has 1 rings (SSSR count). The SMILES string of the molecule is CCCN(C=O)C(C(=O)O)(c1ccccc1)C(C)C. The van der Waals surface area contributed by atoms with Crippen molar-refractivity contribution in [2.45, 2.75) is 32.7 Å². The van der Waals surface area contributed by atoms with Crippen molar-refractivity contribution in [3.8, 4) is 0 Å². The zero-order valence-corrected chi connectivity index (χ0v) is 11.7. The van der Waals surface area contributed by atoms with Gasteiger partial charge in [0, 0.05) is 6.54 Å². The number of carbonyl (C=O) groups is 2. The van der Waals surface area contributed by atoms with Crippen LogP contribution in [0.5, 0.6) is 0 Å². The molecule has 1 amide bonds. The lowest BCUT2D eigenvalue weighted by Gasteiger charge is -2.41. The summed E-state index contributed by atoms with van der Waals surface area (Å²) in [6, 6.07) is 8.96. The van der Waals surface area contributed by atoms with E-state index in [2.05, 4.69) is 0 Å². The summed E-state index contributed by atoms with van der Waals surface area (Å²) in [6.45, 7) is 6.00. The molecule has 1 N–H and O–H groups in total. The minimum atomic E-state index is -1.31. The van der Waals surface area contributed by atoms with E-state index < -0.39 is 11.5 Å². The average Bonchev–Trinajstić information content (AvgIpc) is 2.38. The minimum absolute atomic E-state index is 0.232. The first-order valence-corrected chi connectivity index (χ1v) is 6.52. The van der Waals surface area contributed by atoms with Gasteiger partial charge in [0.2, 0.25) is 6.41 Å². The smallest absolute Gasteiger partial charge is 0.334 e. The molecular weight excluding hydrogens is 242 g/mol. The quantitative estimate of drug-likeness (QED) is 0.769. The summed E-state index contributed by atoms with van der Waals surface area (Å²) < 4.78 is 0. The van der Waals surface area contributed by atoms with Gasteiger partial charge in [-0.1, -0.05) is 51.1 Å². The second-order valence-electron chi connectivity index (χ2n) is 4.89. The fourth-order valence-corrected chi connectivity index (χ4v) is 2.57. The lowest BCUT2D eigenvalue weighted by Crippen LogP contribution is -2.55. The average molecular weight is 263 g/mol. The van der Waals surface area contributed by atoms with Gasteiger partial charge < -0.3 is 10.0 Å². The standard InChI is InChI=1S/C15H21NO3/c1-4-10-16(11-17)15(12(2)3,14(18)19)13-8-6-5-7-9-13/h5-9,11-12H,4,10H2,1-3H3,(H,18,19). The van der Waals surface area contributed by atoms with Gasteiger partial charge >= 0.3 is 5.97 Å². The molecule has 1 aromatic carbocycles. The van der Waals surface area contributed by atoms with Crippen molar-refractivity contribution in [2.75, 3.05) is 6.54 Å². The van der Waals surface area contributed by atoms with Gasteiger partial charge in [-0.2, -0.15) is 0 Å². The van der Waals surface area contributed by atoms with E-state index in [-0.39, 0.29) is 5.92 Å². The number of nitrogens with zero attached hydrogens (tertiary/aromatic N) is 1. The minimum Gasteiger partial charge on any atom is -0.479 e. The Balaban J connectivity index is 3.46. The van der Waals surface area contributed by atoms with Crippen LogP contribution in [0.1, 0.15) is 32.8 Å². The summed E-state index contributed by atoms with van der Waals surface area (Å²) >= 11 is 0. The molecule has 0 aliphatic rings. The van der Waals surface area contributed by atoms with Crippen molar-refractivity contribution in [1.82, 2.24) is 4.90 Å². The lowest BCUT2D eigenvalue weighted by atomic mass is 9.78. The van der Waals surface area contributed by atoms with Crippen LogP contribution in [0.15, 0.2) is 30.3 Å². The number of hydrogen-bond donors (Lipinski definition) is 1. The highest BCUT2D eigenvalue weighted by atomic mass is 16.4. The van der Waals surface area contributed by atoms with Crippen LogP contribution in [0, 0.1) is 5.92 Å². The van der Waals surface area contributed by atoms with E-state index in [1.54, 1.807) is 24.3 Å². The van der Waals surface area contributed by atoms with E-state index in [0.29, 0.717) is 24.9 Å². The van der Waals surface area contributed by atoms with Gasteiger partial charge in [-0.05, 0) is 17.9 Å². The molecule has 0 bridgehead atoms. The Morgan fingerprint density at radius 1 is 1.37 bits per heavy atom. The first kappa shape index (κ1) is 15.2. The van der Waals surface area contributed by atoms with Gasteiger partial charge in [0.1, 0.15) is 0 Å². The third kappa shape index (κ3) is 2.62. The van der Waals surface area contributed by atoms with Gasteiger partial charge in [0.25, 0.3) is 0 Å². The van der Waals surface area contributed by atoms with Gasteiger partial charge in [0.15, 0.2) is 5.54 Å². The highest BCUT2D eigenvalue weighted by Crippen LogP contribution is 2.36. The lowest BCUT2D eigenvalue weighted by molar-refractivity contribution is -0.160. The van der Waals surface area contributed by atoms with Crippen molar-refractivity contribution in [3.63, 3.8) is 0 Å². The fourth-order valence-electron chi connectivity index (χ4n) is 2.57. The number of carboxylic acids is 1. The molecule has 4 heteroatoms. The molecule has 0 fully saturated rings. The second kappa shape index (κ2) is 6.36. The molecule has 19 heavy (non-hydrogen) atoms. The normalized spacial score (nSPS) is 13.9. The number of benzene rings is 1. The summed E-state index contributed by atoms with van der Waals surface area (Å²) in [7, 11) is 0. The molecule has 0 aliphatic heterocycles. The molecule has 0 saturated carbocycles. The number of carbonyl (C=O) groups excluding carboxylic acids is 1. The van der Waals surface area contributed by atoms with Crippen LogP contribution >= 0.6 is 0 Å². The van der Waals surface area contributed by atoms with E-state index in [4.69, 9.17) is 0 Å². The number of rotatable bonds is 7. The van der Waals surface area contributed by atoms with Gasteiger partial charge in [0.05, 0.1) is 0 Å². The molecule has 4 nitrogen and oxygen atoms in total. The Morgan fingerprint density at radius 3 is 2.32 bits per heavy atom. The maximum Gasteiger partial charge on any atom is 0.334 e. The highest BCUT2D eigenvalue weighted by Gasteiger charge is 2.48. The summed E-state index contributed by atoms with van der Waals surface area (Å²) in [6.07, 6.45) is 1.36. The summed E-state index contributed by atoms with van der Waals surface area (Å²) in [4.78, 5) is 24.7. The number of carboxylic acid groups (broad SMARTS) is 1. The maximum absolute atomic E-state index is 11.9. The van der Waals surface area contributed by atoms with Crippen LogP contribution in [0.25, 0.3) is 0 Å². The zero-order chi connectivity index (χ0) is 14.5. The van der Waals surface area contributed by atoms with E-state index >= 15 is 0 Å². The molecule has 104 valence electrons. The maximum atomic E-state index is 11.9. The Hall–Kier alpha value is -1.84. The van der Waals surface area contributed by atoms with Gasteiger partial charge in [-0.3, -0.25) is 4.79 Å². The van der Waals surface area contributed by atoms with Gasteiger partial charge in [-0.25, -0.2) is 4.79 Å². The summed E-state index contributed by atoms with van der Waals surface area (Å²) in [5, 5.41) is 9.78. The highest BCUT2D eigenvalue weighted by molar-refractivity contribution is 5.83. The third-order valence-corrected chi connectivity index (χ3v) is 3.42. The zero-order valence-electron chi connectivity index (χ0n) is 11.7. The summed E-state index contributed by atoms with van der Waals surface area (Å²) in [5.41, 5.74) is -0.669. The molecular formula is C15H21NO3. The van der Waals surface area contributed by atoms with Crippen LogP contribution < -0.4 is 0 Å². The van der Waals surface area contributed by atoms with Crippen LogP contribution in [-0.4, -0.2) is 28.9 Å². The number of amides is 1. The molecule has 1 atom stereocenters. The Labute approximate surface area is 114 Å². The van der Waals surface area contributed by atoms with E-state index in [1.165, 1.54) is 4.90 Å². The molecule has 0 radical (unpaired) electrons. The van der Waals surface area contributed by atoms with E-state index in [0.717, 1.165) is 0 Å². The van der Waals surface area contributed by atoms with Crippen LogP contribution in [0.2, 0.25) is 0 Å². The first-order valence-electron chi connectivity index (χ1n) is 6.52. The van der Waals surface area contributed by atoms with Crippen molar-refractivity contribution < 1.29 is 14.7 Å². The molecule has 1 unspecified atom stereocenters. The summed E-state index contributed by atoms with van der Waals surface area (Å²) in [5.74, 6) is -1.22. The van der Waals surface area contributed by atoms with Crippen molar-refractivity contribution >= 4 is 12.4 Å². The van der Waals surface area contributed by atoms with E-state index in [1.807, 2.05) is 26.8 Å². The van der Waals surface area contributed by atoms with Crippen molar-refractivity contribution in [3.05, 3.63) is 35.9 Å². The Bertz CT molecular complexity index is 430. The fraction of sp³-hybridized carbons (Fsp3) is 0.467. The monoisotopic (exact) mass is 263 g/mol. The topological polar surface area (TPSA) is 57.6 Å². The predicted molar refractivity (Wildman–Crippen MR) is 73.7 cm³/mol. The molecule has 0 aromatic heterocycles. The largest absolute Gasteiger partial charge is 0.479 e. The van der Waals surface area contributed by atoms with E-state index in [9.17, 15) is 14.7 Å². The van der Waals surface area contributed by atoms with Crippen LogP contribution in [0.4, 0.5) is 0 Å². The molecule has 0 spiro atoms. The predicted octanol–water partition coefficient (Wildman–Crippen LogP) is 2.49. The molecule has 1 aromatic rings. The van der Waals surface area contributed by atoms with Gasteiger partial charge in [-0.15, -0.1) is 0 Å². The number of aliphatic carboxylic acids is 1. The van der Waals surface area contributed by atoms with Crippen molar-refractivity contribution in [1.29, 1.82) is 0 Å². The second-order valence-corrected chi connectivity index (χ2v) is 4.89. The molecule has 0 aliphatic carbocycles. The third-order valence-electron chi connectivity index (χ3n) is 3.42. The first-order chi connectivity index (χ1) is 9.01. The molecule has 0 heterocycles. The Morgan fingerprint density at radius 2 is 1.95 bits per heavy atom. The van der Waals surface area contributed by atoms with Crippen molar-refractivity contribution in [2.24, 2.45) is 5.92 Å². The molecule has 0 saturated heterocycles. The number of hydrogen-bond acceptors (Lipinski definition) is 2.